The number of nitrogens with one attached hydrogen (secondary N) is 2. The Hall–Kier alpha value is -0.120. The minimum absolute atomic E-state index is 0.102. The fraction of sp³-hybridized carbons (Fsp3) is 1.00. The predicted octanol–water partition coefficient (Wildman–Crippen LogP) is 1.02. The molecule has 1 heterocycles. The van der Waals surface area contributed by atoms with E-state index in [-0.39, 0.29) is 6.10 Å². The monoisotopic (exact) mass is 212 g/mol. The molecule has 2 fully saturated rings. The molecule has 1 aliphatic carbocycles. The molecule has 88 valence electrons. The normalized spacial score (nSPS) is 38.6. The Morgan fingerprint density at radius 3 is 2.67 bits per heavy atom. The molecule has 1 saturated heterocycles. The number of aliphatic hydroxyl groups is 1. The van der Waals surface area contributed by atoms with E-state index in [0.29, 0.717) is 12.1 Å². The molecule has 2 rings (SSSR count). The largest absolute Gasteiger partial charge is 0.392 e. The lowest BCUT2D eigenvalue weighted by atomic mass is 9.91. The second-order valence-corrected chi connectivity index (χ2v) is 5.00. The molecular formula is C12H24N2O. The summed E-state index contributed by atoms with van der Waals surface area (Å²) in [6.45, 7) is 2.28. The van der Waals surface area contributed by atoms with Gasteiger partial charge in [0.15, 0.2) is 0 Å². The Kier molecular flexibility index (Phi) is 4.42. The van der Waals surface area contributed by atoms with Gasteiger partial charge in [0, 0.05) is 12.1 Å². The zero-order valence-corrected chi connectivity index (χ0v) is 9.54. The minimum Gasteiger partial charge on any atom is -0.392 e. The van der Waals surface area contributed by atoms with Crippen molar-refractivity contribution >= 4 is 0 Å². The summed E-state index contributed by atoms with van der Waals surface area (Å²) in [6, 6.07) is 0.986. The van der Waals surface area contributed by atoms with Crippen LogP contribution in [0.2, 0.25) is 0 Å². The van der Waals surface area contributed by atoms with Crippen molar-refractivity contribution in [3.8, 4) is 0 Å². The van der Waals surface area contributed by atoms with E-state index in [1.165, 1.54) is 32.1 Å². The summed E-state index contributed by atoms with van der Waals surface area (Å²) in [6.07, 6.45) is 8.26. The Morgan fingerprint density at radius 1 is 0.933 bits per heavy atom. The molecule has 0 aromatic carbocycles. The van der Waals surface area contributed by atoms with Crippen LogP contribution in [0.25, 0.3) is 0 Å². The zero-order valence-electron chi connectivity index (χ0n) is 9.54. The molecule has 3 atom stereocenters. The molecule has 0 aromatic rings. The van der Waals surface area contributed by atoms with Gasteiger partial charge in [-0.2, -0.15) is 0 Å². The molecular weight excluding hydrogens is 188 g/mol. The van der Waals surface area contributed by atoms with Crippen molar-refractivity contribution in [2.75, 3.05) is 13.1 Å². The van der Waals surface area contributed by atoms with Gasteiger partial charge in [-0.15, -0.1) is 0 Å². The number of hydrogen-bond donors (Lipinski definition) is 3. The molecule has 0 amide bonds. The van der Waals surface area contributed by atoms with Crippen molar-refractivity contribution < 1.29 is 5.11 Å². The summed E-state index contributed by atoms with van der Waals surface area (Å²) in [7, 11) is 0. The number of aliphatic hydroxyl groups excluding tert-OH is 1. The Bertz CT molecular complexity index is 178. The topological polar surface area (TPSA) is 44.3 Å². The van der Waals surface area contributed by atoms with Crippen LogP contribution in [0.15, 0.2) is 0 Å². The molecule has 2 aliphatic rings. The highest BCUT2D eigenvalue weighted by atomic mass is 16.3. The molecule has 1 aliphatic heterocycles. The van der Waals surface area contributed by atoms with Crippen LogP contribution < -0.4 is 10.6 Å². The number of hydrogen-bond acceptors (Lipinski definition) is 3. The van der Waals surface area contributed by atoms with Crippen LogP contribution in [-0.2, 0) is 0 Å². The average molecular weight is 212 g/mol. The second kappa shape index (κ2) is 5.83. The van der Waals surface area contributed by atoms with Gasteiger partial charge in [-0.05, 0) is 45.2 Å². The maximum atomic E-state index is 9.89. The van der Waals surface area contributed by atoms with E-state index in [9.17, 15) is 5.11 Å². The van der Waals surface area contributed by atoms with E-state index in [4.69, 9.17) is 0 Å². The van der Waals surface area contributed by atoms with Gasteiger partial charge in [0.1, 0.15) is 0 Å². The van der Waals surface area contributed by atoms with Gasteiger partial charge in [0.2, 0.25) is 0 Å². The van der Waals surface area contributed by atoms with E-state index in [1.807, 2.05) is 0 Å². The van der Waals surface area contributed by atoms with Crippen molar-refractivity contribution in [1.29, 1.82) is 0 Å². The lowest BCUT2D eigenvalue weighted by Crippen LogP contribution is -2.47. The van der Waals surface area contributed by atoms with E-state index in [2.05, 4.69) is 10.6 Å². The van der Waals surface area contributed by atoms with Gasteiger partial charge in [0.25, 0.3) is 0 Å². The summed E-state index contributed by atoms with van der Waals surface area (Å²) in [5.41, 5.74) is 0. The van der Waals surface area contributed by atoms with Gasteiger partial charge in [0.05, 0.1) is 6.10 Å². The third-order valence-corrected chi connectivity index (χ3v) is 3.75. The third-order valence-electron chi connectivity index (χ3n) is 3.75. The fourth-order valence-corrected chi connectivity index (χ4v) is 2.79. The Labute approximate surface area is 92.6 Å². The molecule has 1 saturated carbocycles. The van der Waals surface area contributed by atoms with Gasteiger partial charge < -0.3 is 15.7 Å². The quantitative estimate of drug-likeness (QED) is 0.640. The van der Waals surface area contributed by atoms with Crippen LogP contribution in [0.1, 0.15) is 44.9 Å². The molecule has 15 heavy (non-hydrogen) atoms. The lowest BCUT2D eigenvalue weighted by Gasteiger charge is -2.32. The molecule has 3 N–H and O–H groups in total. The first-order chi connectivity index (χ1) is 7.36. The van der Waals surface area contributed by atoms with Crippen molar-refractivity contribution in [2.24, 2.45) is 0 Å². The van der Waals surface area contributed by atoms with E-state index in [0.717, 1.165) is 25.9 Å². The smallest absolute Gasteiger partial charge is 0.0693 e. The van der Waals surface area contributed by atoms with E-state index in [1.54, 1.807) is 0 Å². The maximum absolute atomic E-state index is 9.89. The molecule has 0 bridgehead atoms. The van der Waals surface area contributed by atoms with Crippen molar-refractivity contribution in [3.63, 3.8) is 0 Å². The summed E-state index contributed by atoms with van der Waals surface area (Å²) in [5.74, 6) is 0. The summed E-state index contributed by atoms with van der Waals surface area (Å²) in [5, 5.41) is 17.0. The Balaban J connectivity index is 1.78. The van der Waals surface area contributed by atoms with E-state index >= 15 is 0 Å². The van der Waals surface area contributed by atoms with Gasteiger partial charge in [-0.25, -0.2) is 0 Å². The molecule has 3 heteroatoms. The summed E-state index contributed by atoms with van der Waals surface area (Å²) >= 11 is 0. The van der Waals surface area contributed by atoms with Crippen molar-refractivity contribution in [2.45, 2.75) is 63.1 Å². The second-order valence-electron chi connectivity index (χ2n) is 5.00. The van der Waals surface area contributed by atoms with Crippen LogP contribution in [0, 0.1) is 0 Å². The van der Waals surface area contributed by atoms with Crippen LogP contribution >= 0.6 is 0 Å². The SMILES string of the molecule is OC1CCCCC1NC1CCCNCC1. The minimum atomic E-state index is -0.102. The third kappa shape index (κ3) is 3.44. The highest BCUT2D eigenvalue weighted by molar-refractivity contribution is 4.84. The Morgan fingerprint density at radius 2 is 1.80 bits per heavy atom. The van der Waals surface area contributed by atoms with Crippen molar-refractivity contribution in [1.82, 2.24) is 10.6 Å². The van der Waals surface area contributed by atoms with Crippen LogP contribution in [0.4, 0.5) is 0 Å². The molecule has 0 aromatic heterocycles. The molecule has 0 spiro atoms. The van der Waals surface area contributed by atoms with Gasteiger partial charge >= 0.3 is 0 Å². The van der Waals surface area contributed by atoms with Crippen LogP contribution in [0.5, 0.6) is 0 Å². The highest BCUT2D eigenvalue weighted by Gasteiger charge is 2.25. The summed E-state index contributed by atoms with van der Waals surface area (Å²) < 4.78 is 0. The van der Waals surface area contributed by atoms with Crippen molar-refractivity contribution in [3.05, 3.63) is 0 Å². The molecule has 3 unspecified atom stereocenters. The van der Waals surface area contributed by atoms with Gasteiger partial charge in [-0.1, -0.05) is 12.8 Å². The molecule has 0 radical (unpaired) electrons. The van der Waals surface area contributed by atoms with Crippen LogP contribution in [0.3, 0.4) is 0 Å². The predicted molar refractivity (Wildman–Crippen MR) is 61.9 cm³/mol. The first-order valence-electron chi connectivity index (χ1n) is 6.51. The first kappa shape index (κ1) is 11.4. The maximum Gasteiger partial charge on any atom is 0.0693 e. The highest BCUT2D eigenvalue weighted by Crippen LogP contribution is 2.20. The van der Waals surface area contributed by atoms with Gasteiger partial charge in [-0.3, -0.25) is 0 Å². The summed E-state index contributed by atoms with van der Waals surface area (Å²) in [4.78, 5) is 0. The van der Waals surface area contributed by atoms with E-state index < -0.39 is 0 Å². The van der Waals surface area contributed by atoms with Crippen LogP contribution in [-0.4, -0.2) is 36.4 Å². The lowest BCUT2D eigenvalue weighted by molar-refractivity contribution is 0.0838. The average Bonchev–Trinajstić information content (AvgIpc) is 2.50. The fourth-order valence-electron chi connectivity index (χ4n) is 2.79. The molecule has 3 nitrogen and oxygen atoms in total. The first-order valence-corrected chi connectivity index (χ1v) is 6.51. The zero-order chi connectivity index (χ0) is 10.5. The number of rotatable bonds is 2. The standard InChI is InChI=1S/C12H24N2O/c15-12-6-2-1-5-11(12)14-10-4-3-8-13-9-7-10/h10-15H,1-9H2.